The number of rotatable bonds is 8. The standard InChI is InChI=1S/C29H48N4.C2H6/c1-9-27(11-10-23(2)3)33-20-18-31(19-21-33)15-12-28-22-29(26(7)30(28)8)13-16-32(17-14-29)25(6)24(4)5;1-2/h9-11,24,28H,2,6-7,12-22H2,1,3-5,8H3;1-2H3/b11-10-,27-9+;. The molecular formula is C31H54N4. The Kier molecular flexibility index (Phi) is 11.2. The quantitative estimate of drug-likeness (QED) is 0.365. The van der Waals surface area contributed by atoms with E-state index in [1.54, 1.807) is 0 Å². The fraction of sp³-hybridized carbons (Fsp3) is 0.677. The molecule has 0 amide bonds. The largest absolute Gasteiger partial charge is 0.375 e. The maximum Gasteiger partial charge on any atom is 0.0323 e. The fourth-order valence-corrected chi connectivity index (χ4v) is 5.85. The van der Waals surface area contributed by atoms with Gasteiger partial charge >= 0.3 is 0 Å². The van der Waals surface area contributed by atoms with Gasteiger partial charge in [0, 0.05) is 81.4 Å². The first-order valence-electron chi connectivity index (χ1n) is 14.0. The Morgan fingerprint density at radius 2 is 1.60 bits per heavy atom. The molecular weight excluding hydrogens is 428 g/mol. The molecule has 4 heteroatoms. The predicted molar refractivity (Wildman–Crippen MR) is 154 cm³/mol. The average molecular weight is 483 g/mol. The van der Waals surface area contributed by atoms with Crippen LogP contribution in [0.2, 0.25) is 0 Å². The van der Waals surface area contributed by atoms with E-state index in [9.17, 15) is 0 Å². The van der Waals surface area contributed by atoms with Gasteiger partial charge in [-0.1, -0.05) is 65.2 Å². The third-order valence-corrected chi connectivity index (χ3v) is 8.36. The van der Waals surface area contributed by atoms with Crippen molar-refractivity contribution in [2.24, 2.45) is 11.3 Å². The highest BCUT2D eigenvalue weighted by Gasteiger charge is 2.47. The van der Waals surface area contributed by atoms with Crippen LogP contribution in [0.3, 0.4) is 0 Å². The minimum Gasteiger partial charge on any atom is -0.375 e. The van der Waals surface area contributed by atoms with E-state index >= 15 is 0 Å². The minimum absolute atomic E-state index is 0.308. The highest BCUT2D eigenvalue weighted by atomic mass is 15.3. The summed E-state index contributed by atoms with van der Waals surface area (Å²) in [6.07, 6.45) is 11.5. The highest BCUT2D eigenvalue weighted by Crippen LogP contribution is 2.50. The second-order valence-electron chi connectivity index (χ2n) is 10.8. The molecule has 3 aliphatic heterocycles. The van der Waals surface area contributed by atoms with Gasteiger partial charge in [0.2, 0.25) is 0 Å². The van der Waals surface area contributed by atoms with Gasteiger partial charge in [-0.2, -0.15) is 0 Å². The van der Waals surface area contributed by atoms with Gasteiger partial charge in [0.05, 0.1) is 0 Å². The Labute approximate surface area is 217 Å². The van der Waals surface area contributed by atoms with Gasteiger partial charge in [0.15, 0.2) is 0 Å². The van der Waals surface area contributed by atoms with Gasteiger partial charge in [0.25, 0.3) is 0 Å². The van der Waals surface area contributed by atoms with Crippen LogP contribution < -0.4 is 0 Å². The molecule has 35 heavy (non-hydrogen) atoms. The zero-order valence-corrected chi connectivity index (χ0v) is 24.1. The van der Waals surface area contributed by atoms with Crippen LogP contribution in [-0.2, 0) is 0 Å². The summed E-state index contributed by atoms with van der Waals surface area (Å²) in [7, 11) is 2.28. The van der Waals surface area contributed by atoms with E-state index in [4.69, 9.17) is 0 Å². The highest BCUT2D eigenvalue weighted by molar-refractivity contribution is 5.24. The molecule has 3 heterocycles. The molecule has 0 bridgehead atoms. The van der Waals surface area contributed by atoms with Crippen molar-refractivity contribution in [1.29, 1.82) is 0 Å². The number of hydrogen-bond acceptors (Lipinski definition) is 4. The predicted octanol–water partition coefficient (Wildman–Crippen LogP) is 6.53. The van der Waals surface area contributed by atoms with Gasteiger partial charge in [-0.15, -0.1) is 0 Å². The molecule has 3 fully saturated rings. The van der Waals surface area contributed by atoms with Crippen LogP contribution in [0.5, 0.6) is 0 Å². The zero-order chi connectivity index (χ0) is 26.2. The van der Waals surface area contributed by atoms with Crippen LogP contribution in [0.15, 0.2) is 60.6 Å². The molecule has 0 saturated carbocycles. The molecule has 0 aromatic rings. The van der Waals surface area contributed by atoms with Crippen LogP contribution >= 0.6 is 0 Å². The number of piperazine rings is 1. The SMILES string of the molecule is C=C(C)/C=C\C(=C/C)N1CCN(CCC2CC3(CCN(C(=C)C(C)C)CC3)C(=C)N2C)CC1.CC. The van der Waals surface area contributed by atoms with E-state index < -0.39 is 0 Å². The number of nitrogens with zero attached hydrogens (tertiary/aromatic N) is 4. The van der Waals surface area contributed by atoms with Crippen molar-refractivity contribution in [3.05, 3.63) is 60.6 Å². The Bertz CT molecular complexity index is 774. The summed E-state index contributed by atoms with van der Waals surface area (Å²) in [4.78, 5) is 10.2. The lowest BCUT2D eigenvalue weighted by molar-refractivity contribution is 0.143. The second kappa shape index (κ2) is 13.4. The van der Waals surface area contributed by atoms with Gasteiger partial charge in [-0.3, -0.25) is 4.90 Å². The minimum atomic E-state index is 0.308. The number of likely N-dealkylation sites (tertiary alicyclic amines) is 2. The molecule has 0 aliphatic carbocycles. The Balaban J connectivity index is 0.00000210. The molecule has 0 radical (unpaired) electrons. The topological polar surface area (TPSA) is 13.0 Å². The Hall–Kier alpha value is -1.94. The van der Waals surface area contributed by atoms with Gasteiger partial charge in [-0.05, 0) is 51.5 Å². The van der Waals surface area contributed by atoms with Crippen molar-refractivity contribution in [2.45, 2.75) is 73.3 Å². The Morgan fingerprint density at radius 1 is 1.00 bits per heavy atom. The molecule has 0 aromatic heterocycles. The summed E-state index contributed by atoms with van der Waals surface area (Å²) >= 11 is 0. The number of allylic oxidation sites excluding steroid dienone is 6. The van der Waals surface area contributed by atoms with Crippen molar-refractivity contribution in [3.8, 4) is 0 Å². The van der Waals surface area contributed by atoms with Crippen molar-refractivity contribution >= 4 is 0 Å². The molecule has 0 aromatic carbocycles. The van der Waals surface area contributed by atoms with Crippen LogP contribution in [-0.4, -0.2) is 78.5 Å². The van der Waals surface area contributed by atoms with Crippen molar-refractivity contribution in [2.75, 3.05) is 52.9 Å². The van der Waals surface area contributed by atoms with Gasteiger partial charge < -0.3 is 14.7 Å². The van der Waals surface area contributed by atoms with Crippen molar-refractivity contribution in [3.63, 3.8) is 0 Å². The maximum atomic E-state index is 4.58. The van der Waals surface area contributed by atoms with Crippen LogP contribution in [0.1, 0.15) is 67.2 Å². The lowest BCUT2D eigenvalue weighted by atomic mass is 9.74. The zero-order valence-electron chi connectivity index (χ0n) is 24.1. The van der Waals surface area contributed by atoms with E-state index in [0.717, 1.165) is 44.8 Å². The second-order valence-corrected chi connectivity index (χ2v) is 10.8. The third-order valence-electron chi connectivity index (χ3n) is 8.36. The lowest BCUT2D eigenvalue weighted by Gasteiger charge is -2.42. The molecule has 3 rings (SSSR count). The third kappa shape index (κ3) is 7.29. The maximum absolute atomic E-state index is 4.58. The average Bonchev–Trinajstić information content (AvgIpc) is 3.09. The van der Waals surface area contributed by atoms with Crippen molar-refractivity contribution < 1.29 is 0 Å². The molecule has 4 nitrogen and oxygen atoms in total. The summed E-state index contributed by atoms with van der Waals surface area (Å²) in [5, 5.41) is 0. The van der Waals surface area contributed by atoms with Gasteiger partial charge in [-0.25, -0.2) is 0 Å². The molecule has 198 valence electrons. The smallest absolute Gasteiger partial charge is 0.0323 e. The first kappa shape index (κ1) is 29.3. The van der Waals surface area contributed by atoms with E-state index in [1.165, 1.54) is 49.3 Å². The molecule has 3 saturated heterocycles. The monoisotopic (exact) mass is 482 g/mol. The molecule has 0 N–H and O–H groups in total. The summed E-state index contributed by atoms with van der Waals surface area (Å²) in [6, 6.07) is 0.625. The number of piperidine rings is 1. The normalized spacial score (nSPS) is 23.3. The summed E-state index contributed by atoms with van der Waals surface area (Å²) < 4.78 is 0. The first-order valence-corrected chi connectivity index (χ1v) is 14.0. The Morgan fingerprint density at radius 3 is 2.11 bits per heavy atom. The summed E-state index contributed by atoms with van der Waals surface area (Å²) in [6.45, 7) is 33.5. The molecule has 1 atom stereocenters. The van der Waals surface area contributed by atoms with E-state index in [-0.39, 0.29) is 0 Å². The van der Waals surface area contributed by atoms with Gasteiger partial charge in [0.1, 0.15) is 0 Å². The van der Waals surface area contributed by atoms with Crippen molar-refractivity contribution in [1.82, 2.24) is 19.6 Å². The van der Waals surface area contributed by atoms with Crippen LogP contribution in [0, 0.1) is 11.3 Å². The van der Waals surface area contributed by atoms with Crippen LogP contribution in [0.4, 0.5) is 0 Å². The van der Waals surface area contributed by atoms with E-state index in [2.05, 4.69) is 85.4 Å². The molecule has 3 aliphatic rings. The number of hydrogen-bond donors (Lipinski definition) is 0. The molecule has 1 spiro atoms. The first-order chi connectivity index (χ1) is 16.7. The van der Waals surface area contributed by atoms with Crippen LogP contribution in [0.25, 0.3) is 0 Å². The molecule has 1 unspecified atom stereocenters. The lowest BCUT2D eigenvalue weighted by Crippen LogP contribution is -2.46. The van der Waals surface area contributed by atoms with E-state index in [0.29, 0.717) is 17.4 Å². The van der Waals surface area contributed by atoms with E-state index in [1.807, 2.05) is 20.8 Å². The summed E-state index contributed by atoms with van der Waals surface area (Å²) in [5.74, 6) is 0.535. The fourth-order valence-electron chi connectivity index (χ4n) is 5.85. The summed E-state index contributed by atoms with van der Waals surface area (Å²) in [5.41, 5.74) is 5.41.